The highest BCUT2D eigenvalue weighted by atomic mass is 32.2. The summed E-state index contributed by atoms with van der Waals surface area (Å²) in [5.74, 6) is 0.573. The van der Waals surface area contributed by atoms with Crippen molar-refractivity contribution in [1.82, 2.24) is 13.9 Å². The zero-order chi connectivity index (χ0) is 16.5. The predicted octanol–water partition coefficient (Wildman–Crippen LogP) is 0.841. The van der Waals surface area contributed by atoms with Gasteiger partial charge in [-0.3, -0.25) is 8.87 Å². The van der Waals surface area contributed by atoms with E-state index in [1.165, 1.54) is 11.4 Å². The maximum absolute atomic E-state index is 11.8. The molecule has 2 rings (SSSR count). The molecular formula is C15H19N3O3S. The Labute approximate surface area is 129 Å². The first-order valence-electron chi connectivity index (χ1n) is 6.60. The fraction of sp³-hybridized carbons (Fsp3) is 0.267. The molecule has 0 atom stereocenters. The Morgan fingerprint density at radius 1 is 1.45 bits per heavy atom. The van der Waals surface area contributed by atoms with Crippen molar-refractivity contribution >= 4 is 22.7 Å². The molecule has 0 unspecified atom stereocenters. The van der Waals surface area contributed by atoms with Gasteiger partial charge in [-0.15, -0.1) is 0 Å². The van der Waals surface area contributed by atoms with Gasteiger partial charge in [-0.2, -0.15) is 0 Å². The Kier molecular flexibility index (Phi) is 4.27. The summed E-state index contributed by atoms with van der Waals surface area (Å²) < 4.78 is 32.2. The lowest BCUT2D eigenvalue weighted by Gasteiger charge is -2.19. The molecule has 0 fully saturated rings. The summed E-state index contributed by atoms with van der Waals surface area (Å²) >= 11 is 0. The molecule has 0 amide bonds. The lowest BCUT2D eigenvalue weighted by atomic mass is 10.2. The van der Waals surface area contributed by atoms with Crippen molar-refractivity contribution in [3.05, 3.63) is 46.7 Å². The summed E-state index contributed by atoms with van der Waals surface area (Å²) in [6.07, 6.45) is 7.86. The maximum Gasteiger partial charge on any atom is 0.231 e. The van der Waals surface area contributed by atoms with Crippen LogP contribution in [0.15, 0.2) is 40.5 Å². The first-order chi connectivity index (χ1) is 10.2. The average Bonchev–Trinajstić information content (AvgIpc) is 3.03. The van der Waals surface area contributed by atoms with E-state index in [2.05, 4.69) is 11.6 Å². The highest BCUT2D eigenvalue weighted by Gasteiger charge is 2.14. The van der Waals surface area contributed by atoms with Gasteiger partial charge in [-0.05, 0) is 13.8 Å². The Morgan fingerprint density at radius 3 is 2.64 bits per heavy atom. The number of hydrogen-bond acceptors (Lipinski definition) is 4. The highest BCUT2D eigenvalue weighted by Crippen LogP contribution is 2.13. The van der Waals surface area contributed by atoms with Gasteiger partial charge >= 0.3 is 0 Å². The SMILES string of the molecule is C=c1cc(-n2ccnc2)o/c1=C/C(=C(C)C)N(C)S(C)(=O)=O. The van der Waals surface area contributed by atoms with Crippen molar-refractivity contribution in [3.63, 3.8) is 0 Å². The molecule has 0 saturated heterocycles. The van der Waals surface area contributed by atoms with Gasteiger partial charge in [0.25, 0.3) is 0 Å². The average molecular weight is 321 g/mol. The fourth-order valence-corrected chi connectivity index (χ4v) is 2.51. The molecule has 0 aliphatic rings. The minimum Gasteiger partial charge on any atom is -0.440 e. The molecule has 6 nitrogen and oxygen atoms in total. The molecule has 2 heterocycles. The first kappa shape index (κ1) is 16.1. The molecule has 0 aliphatic carbocycles. The number of nitrogens with zero attached hydrogens (tertiary/aromatic N) is 3. The zero-order valence-corrected chi connectivity index (χ0v) is 13.9. The topological polar surface area (TPSA) is 68.3 Å². The Hall–Kier alpha value is -2.28. The number of furan rings is 1. The van der Waals surface area contributed by atoms with Crippen molar-refractivity contribution in [2.75, 3.05) is 13.3 Å². The summed E-state index contributed by atoms with van der Waals surface area (Å²) in [5.41, 5.74) is 1.92. The molecule has 0 aliphatic heterocycles. The van der Waals surface area contributed by atoms with Crippen LogP contribution in [-0.4, -0.2) is 35.6 Å². The summed E-state index contributed by atoms with van der Waals surface area (Å²) in [6.45, 7) is 7.62. The molecule has 22 heavy (non-hydrogen) atoms. The molecule has 0 spiro atoms. The minimum atomic E-state index is -3.35. The van der Waals surface area contributed by atoms with Gasteiger partial charge in [-0.1, -0.05) is 12.2 Å². The molecule has 2 aromatic heterocycles. The number of imidazole rings is 1. The summed E-state index contributed by atoms with van der Waals surface area (Å²) in [4.78, 5) is 3.96. The van der Waals surface area contributed by atoms with Crippen LogP contribution in [0.3, 0.4) is 0 Å². The Morgan fingerprint density at radius 2 is 2.14 bits per heavy atom. The van der Waals surface area contributed by atoms with E-state index in [1.807, 2.05) is 13.8 Å². The van der Waals surface area contributed by atoms with E-state index < -0.39 is 10.0 Å². The predicted molar refractivity (Wildman–Crippen MR) is 86.0 cm³/mol. The Bertz CT molecular complexity index is 902. The number of allylic oxidation sites excluding steroid dienone is 2. The molecule has 7 heteroatoms. The standard InChI is InChI=1S/C15H19N3O3S/c1-11(2)13(17(4)22(5,19)20)9-14-12(3)8-15(21-14)18-7-6-16-10-18/h6-10H,3H2,1-2,4-5H3/b14-9+. The van der Waals surface area contributed by atoms with E-state index in [0.29, 0.717) is 22.2 Å². The smallest absolute Gasteiger partial charge is 0.231 e. The van der Waals surface area contributed by atoms with Gasteiger partial charge in [-0.25, -0.2) is 13.4 Å². The third-order valence-corrected chi connectivity index (χ3v) is 4.40. The quantitative estimate of drug-likeness (QED) is 0.837. The second-order valence-electron chi connectivity index (χ2n) is 5.20. The molecular weight excluding hydrogens is 302 g/mol. The van der Waals surface area contributed by atoms with Crippen molar-refractivity contribution in [2.45, 2.75) is 13.8 Å². The van der Waals surface area contributed by atoms with Gasteiger partial charge in [0.15, 0.2) is 0 Å². The van der Waals surface area contributed by atoms with Crippen molar-refractivity contribution in [3.8, 4) is 5.88 Å². The van der Waals surface area contributed by atoms with Crippen LogP contribution in [0.1, 0.15) is 13.8 Å². The molecule has 2 aromatic rings. The van der Waals surface area contributed by atoms with Gasteiger partial charge in [0.1, 0.15) is 11.7 Å². The number of rotatable bonds is 4. The molecule has 118 valence electrons. The molecule has 0 N–H and O–H groups in total. The van der Waals surface area contributed by atoms with Gasteiger partial charge < -0.3 is 4.42 Å². The van der Waals surface area contributed by atoms with E-state index >= 15 is 0 Å². The second kappa shape index (κ2) is 5.84. The van der Waals surface area contributed by atoms with Crippen molar-refractivity contribution in [1.29, 1.82) is 0 Å². The minimum absolute atomic E-state index is 0.510. The van der Waals surface area contributed by atoms with Gasteiger partial charge in [0, 0.05) is 36.8 Å². The second-order valence-corrected chi connectivity index (χ2v) is 7.22. The van der Waals surface area contributed by atoms with E-state index in [9.17, 15) is 8.42 Å². The summed E-state index contributed by atoms with van der Waals surface area (Å²) in [6, 6.07) is 1.77. The van der Waals surface area contributed by atoms with Gasteiger partial charge in [0.05, 0.1) is 12.0 Å². The normalized spacial score (nSPS) is 12.5. The molecule has 0 radical (unpaired) electrons. The third kappa shape index (κ3) is 3.30. The summed E-state index contributed by atoms with van der Waals surface area (Å²) in [7, 11) is -1.84. The largest absolute Gasteiger partial charge is 0.440 e. The zero-order valence-electron chi connectivity index (χ0n) is 13.1. The third-order valence-electron chi connectivity index (χ3n) is 3.20. The number of sulfonamides is 1. The molecule has 0 aromatic carbocycles. The molecule has 0 bridgehead atoms. The van der Waals surface area contributed by atoms with E-state index in [0.717, 1.165) is 11.8 Å². The van der Waals surface area contributed by atoms with E-state index in [-0.39, 0.29) is 0 Å². The highest BCUT2D eigenvalue weighted by molar-refractivity contribution is 7.88. The van der Waals surface area contributed by atoms with Gasteiger partial charge in [0.2, 0.25) is 15.9 Å². The van der Waals surface area contributed by atoms with Crippen molar-refractivity contribution in [2.24, 2.45) is 0 Å². The van der Waals surface area contributed by atoms with Crippen LogP contribution in [0, 0.1) is 0 Å². The van der Waals surface area contributed by atoms with Crippen LogP contribution in [-0.2, 0) is 10.0 Å². The van der Waals surface area contributed by atoms with Crippen LogP contribution in [0.4, 0.5) is 0 Å². The fourth-order valence-electron chi connectivity index (χ4n) is 1.92. The van der Waals surface area contributed by atoms with Crippen molar-refractivity contribution < 1.29 is 12.8 Å². The van der Waals surface area contributed by atoms with Crippen LogP contribution in [0.5, 0.6) is 0 Å². The van der Waals surface area contributed by atoms with Crippen LogP contribution >= 0.6 is 0 Å². The van der Waals surface area contributed by atoms with Crippen LogP contribution in [0.25, 0.3) is 18.5 Å². The Balaban J connectivity index is 2.57. The maximum atomic E-state index is 11.8. The van der Waals surface area contributed by atoms with Crippen LogP contribution in [0.2, 0.25) is 0 Å². The van der Waals surface area contributed by atoms with Crippen LogP contribution < -0.4 is 10.6 Å². The molecule has 0 saturated carbocycles. The lowest BCUT2D eigenvalue weighted by molar-refractivity contribution is 0.504. The lowest BCUT2D eigenvalue weighted by Crippen LogP contribution is -2.27. The monoisotopic (exact) mass is 321 g/mol. The summed E-state index contributed by atoms with van der Waals surface area (Å²) in [5, 5.41) is 0.671. The first-order valence-corrected chi connectivity index (χ1v) is 8.45. The number of aromatic nitrogens is 2. The van der Waals surface area contributed by atoms with E-state index in [4.69, 9.17) is 4.42 Å². The number of hydrogen-bond donors (Lipinski definition) is 0. The van der Waals surface area contributed by atoms with E-state index in [1.54, 1.807) is 35.4 Å².